The molecule has 104 valence electrons. The van der Waals surface area contributed by atoms with E-state index in [0.29, 0.717) is 6.54 Å². The summed E-state index contributed by atoms with van der Waals surface area (Å²) in [6.07, 6.45) is 4.13. The van der Waals surface area contributed by atoms with Crippen LogP contribution in [0.3, 0.4) is 0 Å². The molecule has 1 aliphatic carbocycles. The number of nitrogens with one attached hydrogen (secondary N) is 2. The van der Waals surface area contributed by atoms with Crippen LogP contribution in [-0.2, 0) is 10.2 Å². The third-order valence-electron chi connectivity index (χ3n) is 2.91. The van der Waals surface area contributed by atoms with E-state index >= 15 is 0 Å². The first-order valence-electron chi connectivity index (χ1n) is 5.94. The summed E-state index contributed by atoms with van der Waals surface area (Å²) in [5.74, 6) is 0.275. The molecule has 1 aliphatic rings. The van der Waals surface area contributed by atoms with Crippen molar-refractivity contribution in [3.05, 3.63) is 0 Å². The molecular weight excluding hydrogens is 262 g/mol. The minimum absolute atomic E-state index is 0. The van der Waals surface area contributed by atoms with Crippen LogP contribution in [0.1, 0.15) is 39.5 Å². The Morgan fingerprint density at radius 3 is 2.41 bits per heavy atom. The van der Waals surface area contributed by atoms with Gasteiger partial charge in [0.25, 0.3) is 10.2 Å². The van der Waals surface area contributed by atoms with E-state index in [0.717, 1.165) is 25.7 Å². The second-order valence-corrected chi connectivity index (χ2v) is 6.26. The zero-order chi connectivity index (χ0) is 12.2. The highest BCUT2D eigenvalue weighted by Gasteiger charge is 2.27. The zero-order valence-corrected chi connectivity index (χ0v) is 12.1. The van der Waals surface area contributed by atoms with E-state index in [2.05, 4.69) is 9.44 Å². The molecule has 2 unspecified atom stereocenters. The Bertz CT molecular complexity index is 309. The van der Waals surface area contributed by atoms with E-state index in [9.17, 15) is 8.42 Å². The van der Waals surface area contributed by atoms with Gasteiger partial charge in [-0.25, -0.2) is 0 Å². The van der Waals surface area contributed by atoms with Gasteiger partial charge in [-0.3, -0.25) is 0 Å². The lowest BCUT2D eigenvalue weighted by molar-refractivity contribution is 0.295. The van der Waals surface area contributed by atoms with Crippen molar-refractivity contribution < 1.29 is 8.42 Å². The van der Waals surface area contributed by atoms with Crippen LogP contribution in [0.5, 0.6) is 0 Å². The monoisotopic (exact) mass is 285 g/mol. The molecule has 4 N–H and O–H groups in total. The Balaban J connectivity index is 0.00000256. The second-order valence-electron chi connectivity index (χ2n) is 4.78. The number of rotatable bonds is 5. The number of nitrogens with two attached hydrogens (primary N) is 1. The third-order valence-corrected chi connectivity index (χ3v) is 4.30. The van der Waals surface area contributed by atoms with E-state index in [4.69, 9.17) is 5.73 Å². The fourth-order valence-corrected chi connectivity index (χ4v) is 3.59. The van der Waals surface area contributed by atoms with Crippen molar-refractivity contribution in [2.45, 2.75) is 51.6 Å². The SMILES string of the molecule is CC(C)NS(=O)(=O)NC1CCCCC1CN.Cl. The summed E-state index contributed by atoms with van der Waals surface area (Å²) >= 11 is 0. The lowest BCUT2D eigenvalue weighted by atomic mass is 9.85. The molecule has 0 aromatic heterocycles. The first-order valence-corrected chi connectivity index (χ1v) is 7.42. The van der Waals surface area contributed by atoms with Crippen molar-refractivity contribution in [2.75, 3.05) is 6.54 Å². The fraction of sp³-hybridized carbons (Fsp3) is 1.00. The Hall–Kier alpha value is 0.120. The van der Waals surface area contributed by atoms with Crippen LogP contribution in [0.4, 0.5) is 0 Å². The number of hydrogen-bond acceptors (Lipinski definition) is 3. The molecule has 1 rings (SSSR count). The Labute approximate surface area is 111 Å². The predicted octanol–water partition coefficient (Wildman–Crippen LogP) is 0.758. The van der Waals surface area contributed by atoms with Crippen LogP contribution >= 0.6 is 12.4 Å². The maximum Gasteiger partial charge on any atom is 0.277 e. The lowest BCUT2D eigenvalue weighted by Crippen LogP contribution is -2.50. The van der Waals surface area contributed by atoms with Crippen molar-refractivity contribution in [3.8, 4) is 0 Å². The van der Waals surface area contributed by atoms with Gasteiger partial charge < -0.3 is 5.73 Å². The molecule has 0 heterocycles. The molecular formula is C10H24ClN3O2S. The Kier molecular flexibility index (Phi) is 7.58. The van der Waals surface area contributed by atoms with Gasteiger partial charge in [-0.15, -0.1) is 12.4 Å². The Morgan fingerprint density at radius 1 is 1.29 bits per heavy atom. The third kappa shape index (κ3) is 6.01. The van der Waals surface area contributed by atoms with Crippen LogP contribution in [0.15, 0.2) is 0 Å². The van der Waals surface area contributed by atoms with Gasteiger partial charge in [-0.05, 0) is 39.2 Å². The molecule has 1 saturated carbocycles. The average molecular weight is 286 g/mol. The second kappa shape index (κ2) is 7.53. The van der Waals surface area contributed by atoms with E-state index in [1.165, 1.54) is 0 Å². The molecule has 5 nitrogen and oxygen atoms in total. The van der Waals surface area contributed by atoms with Gasteiger partial charge in [-0.2, -0.15) is 17.9 Å². The topological polar surface area (TPSA) is 84.2 Å². The van der Waals surface area contributed by atoms with Gasteiger partial charge in [0.05, 0.1) is 0 Å². The van der Waals surface area contributed by atoms with Crippen LogP contribution in [0.2, 0.25) is 0 Å². The summed E-state index contributed by atoms with van der Waals surface area (Å²) in [6, 6.07) is -0.0904. The number of halogens is 1. The van der Waals surface area contributed by atoms with E-state index in [1.807, 2.05) is 0 Å². The molecule has 7 heteroatoms. The fourth-order valence-electron chi connectivity index (χ4n) is 2.19. The maximum atomic E-state index is 11.7. The van der Waals surface area contributed by atoms with Crippen molar-refractivity contribution in [1.82, 2.24) is 9.44 Å². The number of hydrogen-bond donors (Lipinski definition) is 3. The molecule has 0 amide bonds. The van der Waals surface area contributed by atoms with Gasteiger partial charge in [0.1, 0.15) is 0 Å². The van der Waals surface area contributed by atoms with Crippen molar-refractivity contribution in [2.24, 2.45) is 11.7 Å². The maximum absolute atomic E-state index is 11.7. The first-order chi connectivity index (χ1) is 7.44. The van der Waals surface area contributed by atoms with E-state index in [1.54, 1.807) is 13.8 Å². The molecule has 0 aliphatic heterocycles. The molecule has 17 heavy (non-hydrogen) atoms. The van der Waals surface area contributed by atoms with Gasteiger partial charge >= 0.3 is 0 Å². The smallest absolute Gasteiger partial charge is 0.277 e. The normalized spacial score (nSPS) is 25.6. The average Bonchev–Trinajstić information content (AvgIpc) is 2.15. The predicted molar refractivity (Wildman–Crippen MR) is 72.4 cm³/mol. The molecule has 2 atom stereocenters. The lowest BCUT2D eigenvalue weighted by Gasteiger charge is -2.31. The minimum atomic E-state index is -3.38. The molecule has 0 aromatic carbocycles. The van der Waals surface area contributed by atoms with Gasteiger partial charge in [0.15, 0.2) is 0 Å². The highest BCUT2D eigenvalue weighted by molar-refractivity contribution is 7.87. The van der Waals surface area contributed by atoms with E-state index in [-0.39, 0.29) is 30.4 Å². The van der Waals surface area contributed by atoms with Crippen LogP contribution < -0.4 is 15.2 Å². The van der Waals surface area contributed by atoms with Crippen molar-refractivity contribution in [3.63, 3.8) is 0 Å². The molecule has 0 spiro atoms. The Morgan fingerprint density at radius 2 is 1.88 bits per heavy atom. The first kappa shape index (κ1) is 17.1. The summed E-state index contributed by atoms with van der Waals surface area (Å²) in [5.41, 5.74) is 5.66. The highest BCUT2D eigenvalue weighted by Crippen LogP contribution is 2.23. The van der Waals surface area contributed by atoms with Gasteiger partial charge in [-0.1, -0.05) is 12.8 Å². The van der Waals surface area contributed by atoms with Crippen LogP contribution in [0, 0.1) is 5.92 Å². The molecule has 1 fully saturated rings. The molecule has 0 aromatic rings. The van der Waals surface area contributed by atoms with Crippen LogP contribution in [-0.4, -0.2) is 27.0 Å². The van der Waals surface area contributed by atoms with Gasteiger partial charge in [0.2, 0.25) is 0 Å². The summed E-state index contributed by atoms with van der Waals surface area (Å²) in [4.78, 5) is 0. The molecule has 0 saturated heterocycles. The summed E-state index contributed by atoms with van der Waals surface area (Å²) in [6.45, 7) is 4.16. The van der Waals surface area contributed by atoms with Crippen LogP contribution in [0.25, 0.3) is 0 Å². The van der Waals surface area contributed by atoms with Crippen molar-refractivity contribution in [1.29, 1.82) is 0 Å². The molecule has 0 radical (unpaired) electrons. The highest BCUT2D eigenvalue weighted by atomic mass is 35.5. The summed E-state index contributed by atoms with van der Waals surface area (Å²) in [5, 5.41) is 0. The van der Waals surface area contributed by atoms with Gasteiger partial charge in [0, 0.05) is 12.1 Å². The largest absolute Gasteiger partial charge is 0.330 e. The minimum Gasteiger partial charge on any atom is -0.330 e. The van der Waals surface area contributed by atoms with E-state index < -0.39 is 10.2 Å². The quantitative estimate of drug-likeness (QED) is 0.697. The zero-order valence-electron chi connectivity index (χ0n) is 10.5. The molecule has 0 bridgehead atoms. The summed E-state index contributed by atoms with van der Waals surface area (Å²) < 4.78 is 28.7. The van der Waals surface area contributed by atoms with Crippen molar-refractivity contribution >= 4 is 22.6 Å². The summed E-state index contributed by atoms with van der Waals surface area (Å²) in [7, 11) is -3.38. The standard InChI is InChI=1S/C10H23N3O2S.ClH/c1-8(2)12-16(14,15)13-10-6-4-3-5-9(10)7-11;/h8-10,12-13H,3-7,11H2,1-2H3;1H.